The second-order valence-corrected chi connectivity index (χ2v) is 8.93. The molecule has 1 aromatic carbocycles. The van der Waals surface area contributed by atoms with E-state index < -0.39 is 16.1 Å². The van der Waals surface area contributed by atoms with Crippen LogP contribution in [0.15, 0.2) is 29.2 Å². The Morgan fingerprint density at radius 2 is 1.75 bits per heavy atom. The number of amides is 2. The zero-order chi connectivity index (χ0) is 20.7. The first-order valence-electron chi connectivity index (χ1n) is 9.82. The van der Waals surface area contributed by atoms with Gasteiger partial charge >= 0.3 is 0 Å². The number of benzene rings is 1. The van der Waals surface area contributed by atoms with E-state index in [1.807, 2.05) is 13.8 Å². The highest BCUT2D eigenvalue weighted by Crippen LogP contribution is 2.22. The summed E-state index contributed by atoms with van der Waals surface area (Å²) in [5.41, 5.74) is 0.533. The summed E-state index contributed by atoms with van der Waals surface area (Å²) in [4.78, 5) is 25.5. The molecule has 8 nitrogen and oxygen atoms in total. The minimum atomic E-state index is -3.46. The summed E-state index contributed by atoms with van der Waals surface area (Å²) in [7, 11) is -3.46. The molecule has 1 fully saturated rings. The van der Waals surface area contributed by atoms with Crippen molar-refractivity contribution in [2.45, 2.75) is 44.6 Å². The van der Waals surface area contributed by atoms with Crippen LogP contribution in [0.25, 0.3) is 0 Å². The number of nitrogens with one attached hydrogen (secondary N) is 3. The molecule has 0 radical (unpaired) electrons. The summed E-state index contributed by atoms with van der Waals surface area (Å²) < 4.78 is 26.6. The maximum Gasteiger partial charge on any atom is 0.282 e. The Bertz CT molecular complexity index is 774. The molecule has 0 aromatic heterocycles. The van der Waals surface area contributed by atoms with Gasteiger partial charge < -0.3 is 15.5 Å². The third-order valence-corrected chi connectivity index (χ3v) is 6.96. The van der Waals surface area contributed by atoms with Crippen LogP contribution in [0.3, 0.4) is 0 Å². The van der Waals surface area contributed by atoms with Gasteiger partial charge in [-0.05, 0) is 57.9 Å². The number of carbonyl (C=O) groups is 2. The average molecular weight is 412 g/mol. The molecule has 2 atom stereocenters. The first kappa shape index (κ1) is 22.3. The maximum absolute atomic E-state index is 12.6. The van der Waals surface area contributed by atoms with Crippen LogP contribution in [0, 0.1) is 0 Å². The van der Waals surface area contributed by atoms with Crippen LogP contribution in [-0.4, -0.2) is 63.3 Å². The molecular weight excluding hydrogens is 380 g/mol. The molecule has 2 amide bonds. The van der Waals surface area contributed by atoms with Gasteiger partial charge in [0.05, 0.1) is 11.4 Å². The van der Waals surface area contributed by atoms with Crippen molar-refractivity contribution in [3.63, 3.8) is 0 Å². The first-order valence-corrected chi connectivity index (χ1v) is 11.3. The van der Waals surface area contributed by atoms with Crippen LogP contribution in [0.5, 0.6) is 0 Å². The smallest absolute Gasteiger partial charge is 0.282 e. The van der Waals surface area contributed by atoms with Crippen molar-refractivity contribution in [3.8, 4) is 0 Å². The molecule has 1 unspecified atom stereocenters. The minimum absolute atomic E-state index is 0.0875. The van der Waals surface area contributed by atoms with Gasteiger partial charge in [0.15, 0.2) is 12.6 Å². The summed E-state index contributed by atoms with van der Waals surface area (Å²) in [6.45, 7) is 8.09. The number of hydrogen-bond donors (Lipinski definition) is 3. The Labute approximate surface area is 167 Å². The lowest BCUT2D eigenvalue weighted by molar-refractivity contribution is -0.904. The van der Waals surface area contributed by atoms with Gasteiger partial charge in [-0.1, -0.05) is 0 Å². The van der Waals surface area contributed by atoms with Gasteiger partial charge in [-0.25, -0.2) is 8.42 Å². The molecule has 0 bridgehead atoms. The third kappa shape index (κ3) is 5.52. The quantitative estimate of drug-likeness (QED) is 0.526. The largest absolute Gasteiger partial charge is 0.351 e. The Balaban J connectivity index is 2.00. The zero-order valence-corrected chi connectivity index (χ0v) is 17.6. The normalized spacial score (nSPS) is 17.1. The number of quaternary nitrogens is 1. The Kier molecular flexibility index (Phi) is 7.97. The average Bonchev–Trinajstić information content (AvgIpc) is 3.22. The van der Waals surface area contributed by atoms with E-state index in [1.165, 1.54) is 16.4 Å². The summed E-state index contributed by atoms with van der Waals surface area (Å²) in [5, 5.41) is 5.55. The second kappa shape index (κ2) is 9.99. The summed E-state index contributed by atoms with van der Waals surface area (Å²) in [6.07, 6.45) is 1.77. The fourth-order valence-corrected chi connectivity index (χ4v) is 4.79. The summed E-state index contributed by atoms with van der Waals surface area (Å²) in [6, 6.07) is 5.83. The molecule has 1 aromatic rings. The number of carbonyl (C=O) groups excluding carboxylic acids is 2. The van der Waals surface area contributed by atoms with Crippen molar-refractivity contribution in [3.05, 3.63) is 24.3 Å². The minimum Gasteiger partial charge on any atom is -0.351 e. The first-order chi connectivity index (χ1) is 13.3. The van der Waals surface area contributed by atoms with Gasteiger partial charge in [-0.3, -0.25) is 9.59 Å². The molecule has 1 aliphatic heterocycles. The monoisotopic (exact) mass is 411 g/mol. The standard InChI is InChI=1S/C19H30N4O4S/c1-4-20-18(24)14-22(5-2)15(3)19(25)21-16-8-10-17(11-9-16)28(26,27)23-12-6-7-13-23/h8-11,15H,4-7,12-14H2,1-3H3,(H,20,24)(H,21,25)/p+1/t15-/m0/s1. The molecule has 9 heteroatoms. The van der Waals surface area contributed by atoms with Gasteiger partial charge in [0, 0.05) is 25.3 Å². The lowest BCUT2D eigenvalue weighted by atomic mass is 10.2. The SMILES string of the molecule is CCNC(=O)C[NH+](CC)[C@@H](C)C(=O)Nc1ccc(S(=O)(=O)N2CCCC2)cc1. The van der Waals surface area contributed by atoms with Crippen molar-refractivity contribution in [2.75, 3.05) is 38.0 Å². The van der Waals surface area contributed by atoms with Gasteiger partial charge in [0.1, 0.15) is 0 Å². The molecular formula is C19H31N4O4S+. The van der Waals surface area contributed by atoms with Gasteiger partial charge in [-0.15, -0.1) is 0 Å². The van der Waals surface area contributed by atoms with E-state index in [9.17, 15) is 18.0 Å². The van der Waals surface area contributed by atoms with E-state index in [1.54, 1.807) is 19.1 Å². The highest BCUT2D eigenvalue weighted by molar-refractivity contribution is 7.89. The summed E-state index contributed by atoms with van der Waals surface area (Å²) >= 11 is 0. The lowest BCUT2D eigenvalue weighted by Gasteiger charge is -2.23. The van der Waals surface area contributed by atoms with Crippen LogP contribution in [-0.2, 0) is 19.6 Å². The molecule has 28 heavy (non-hydrogen) atoms. The fourth-order valence-electron chi connectivity index (χ4n) is 3.27. The molecule has 1 heterocycles. The Hall–Kier alpha value is -1.97. The molecule has 3 N–H and O–H groups in total. The molecule has 0 saturated carbocycles. The van der Waals surface area contributed by atoms with Gasteiger partial charge in [0.25, 0.3) is 11.8 Å². The van der Waals surface area contributed by atoms with Crippen LogP contribution in [0.1, 0.15) is 33.6 Å². The van der Waals surface area contributed by atoms with Crippen LogP contribution in [0.2, 0.25) is 0 Å². The molecule has 0 aliphatic carbocycles. The van der Waals surface area contributed by atoms with E-state index >= 15 is 0 Å². The number of anilines is 1. The van der Waals surface area contributed by atoms with Gasteiger partial charge in [0.2, 0.25) is 10.0 Å². The van der Waals surface area contributed by atoms with Crippen LogP contribution in [0.4, 0.5) is 5.69 Å². The van der Waals surface area contributed by atoms with Gasteiger partial charge in [-0.2, -0.15) is 4.31 Å². The second-order valence-electron chi connectivity index (χ2n) is 6.99. The third-order valence-electron chi connectivity index (χ3n) is 5.05. The van der Waals surface area contributed by atoms with E-state index in [0.717, 1.165) is 17.7 Å². The Morgan fingerprint density at radius 1 is 1.14 bits per heavy atom. The molecule has 1 saturated heterocycles. The van der Waals surface area contributed by atoms with E-state index in [-0.39, 0.29) is 23.3 Å². The lowest BCUT2D eigenvalue weighted by Crippen LogP contribution is -3.17. The predicted molar refractivity (Wildman–Crippen MR) is 108 cm³/mol. The van der Waals surface area contributed by atoms with Crippen molar-refractivity contribution < 1.29 is 22.9 Å². The van der Waals surface area contributed by atoms with Crippen molar-refractivity contribution in [1.82, 2.24) is 9.62 Å². The number of sulfonamides is 1. The highest BCUT2D eigenvalue weighted by atomic mass is 32.2. The number of hydrogen-bond acceptors (Lipinski definition) is 4. The Morgan fingerprint density at radius 3 is 2.29 bits per heavy atom. The van der Waals surface area contributed by atoms with E-state index in [0.29, 0.717) is 31.9 Å². The van der Waals surface area contributed by atoms with Crippen LogP contribution >= 0.6 is 0 Å². The summed E-state index contributed by atoms with van der Waals surface area (Å²) in [5.74, 6) is -0.299. The fraction of sp³-hybridized carbons (Fsp3) is 0.579. The van der Waals surface area contributed by atoms with Crippen molar-refractivity contribution in [1.29, 1.82) is 0 Å². The zero-order valence-electron chi connectivity index (χ0n) is 16.8. The van der Waals surface area contributed by atoms with E-state index in [2.05, 4.69) is 10.6 Å². The molecule has 2 rings (SSSR count). The van der Waals surface area contributed by atoms with Crippen LogP contribution < -0.4 is 15.5 Å². The molecule has 1 aliphatic rings. The number of likely N-dealkylation sites (N-methyl/N-ethyl adjacent to an activating group) is 2. The van der Waals surface area contributed by atoms with Crippen molar-refractivity contribution in [2.24, 2.45) is 0 Å². The number of rotatable bonds is 9. The predicted octanol–water partition coefficient (Wildman–Crippen LogP) is -0.161. The van der Waals surface area contributed by atoms with E-state index in [4.69, 9.17) is 0 Å². The number of nitrogens with zero attached hydrogens (tertiary/aromatic N) is 1. The maximum atomic E-state index is 12.6. The van der Waals surface area contributed by atoms with Crippen molar-refractivity contribution >= 4 is 27.5 Å². The topological polar surface area (TPSA) is 100 Å². The molecule has 0 spiro atoms. The highest BCUT2D eigenvalue weighted by Gasteiger charge is 2.28. The molecule has 156 valence electrons.